The number of rotatable bonds is 6. The number of hydrogen-bond donors (Lipinski definition) is 1. The molecule has 0 aromatic heterocycles. The molecule has 0 heterocycles. The smallest absolute Gasteiger partial charge is 0.410 e. The van der Waals surface area contributed by atoms with Gasteiger partial charge in [-0.05, 0) is 105 Å². The number of nitrogens with zero attached hydrogens (tertiary/aromatic N) is 1. The number of carbonyl (C=O) groups excluding carboxylic acids is 2. The predicted molar refractivity (Wildman–Crippen MR) is 153 cm³/mol. The maximum atomic E-state index is 13.4. The minimum absolute atomic E-state index is 0.100. The van der Waals surface area contributed by atoms with Gasteiger partial charge in [-0.15, -0.1) is 0 Å². The van der Waals surface area contributed by atoms with E-state index >= 15 is 0 Å². The average molecular weight is 550 g/mol. The standard InChI is InChI=1S/C32H36ClNO5/c1-20-15-24(30(36)38-5)12-14-28(20)22-10-9-21-11-13-27(18-25(21)16-22)34(31(37)39-32(2,3)4)19-29(35)23-7-6-8-26(33)17-23/h6-10,12,14-17,27,29,35H,11,13,18-19H2,1-5H3/t27-,29+/m0/s1. The van der Waals surface area contributed by atoms with Crippen molar-refractivity contribution in [3.63, 3.8) is 0 Å². The van der Waals surface area contributed by atoms with Crippen LogP contribution in [-0.4, -0.2) is 47.4 Å². The molecule has 0 fully saturated rings. The van der Waals surface area contributed by atoms with E-state index in [0.717, 1.165) is 35.1 Å². The average Bonchev–Trinajstić information content (AvgIpc) is 2.89. The summed E-state index contributed by atoms with van der Waals surface area (Å²) in [6, 6.07) is 18.9. The van der Waals surface area contributed by atoms with Crippen LogP contribution in [0, 0.1) is 6.92 Å². The second-order valence-corrected chi connectivity index (χ2v) is 11.5. The van der Waals surface area contributed by atoms with Crippen LogP contribution in [0.25, 0.3) is 11.1 Å². The lowest BCUT2D eigenvalue weighted by atomic mass is 9.85. The van der Waals surface area contributed by atoms with Gasteiger partial charge in [-0.25, -0.2) is 9.59 Å². The highest BCUT2D eigenvalue weighted by Gasteiger charge is 2.33. The number of aryl methyl sites for hydroxylation is 2. The summed E-state index contributed by atoms with van der Waals surface area (Å²) in [6.45, 7) is 7.60. The van der Waals surface area contributed by atoms with Crippen molar-refractivity contribution >= 4 is 23.7 Å². The molecule has 0 spiro atoms. The molecule has 4 rings (SSSR count). The molecule has 1 aliphatic carbocycles. The Balaban J connectivity index is 1.61. The third-order valence-electron chi connectivity index (χ3n) is 7.04. The number of ether oxygens (including phenoxy) is 2. The maximum absolute atomic E-state index is 13.4. The van der Waals surface area contributed by atoms with Crippen LogP contribution in [0.4, 0.5) is 4.79 Å². The molecule has 3 aromatic rings. The monoisotopic (exact) mass is 549 g/mol. The fraction of sp³-hybridized carbons (Fsp3) is 0.375. The lowest BCUT2D eigenvalue weighted by molar-refractivity contribution is 0.00195. The van der Waals surface area contributed by atoms with Crippen molar-refractivity contribution in [1.82, 2.24) is 4.90 Å². The first kappa shape index (κ1) is 28.7. The topological polar surface area (TPSA) is 76.1 Å². The van der Waals surface area contributed by atoms with Gasteiger partial charge in [0.05, 0.1) is 25.3 Å². The van der Waals surface area contributed by atoms with E-state index in [1.807, 2.05) is 39.8 Å². The SMILES string of the molecule is COC(=O)c1ccc(-c2ccc3c(c2)C[C@@H](N(C[C@@H](O)c2cccc(Cl)c2)C(=O)OC(C)(C)C)CC3)c(C)c1. The van der Waals surface area contributed by atoms with Crippen LogP contribution in [0.1, 0.15) is 65.9 Å². The summed E-state index contributed by atoms with van der Waals surface area (Å²) in [7, 11) is 1.38. The van der Waals surface area contributed by atoms with Crippen LogP contribution in [0.3, 0.4) is 0 Å². The number of aliphatic hydroxyl groups excluding tert-OH is 1. The molecule has 0 unspecified atom stereocenters. The fourth-order valence-electron chi connectivity index (χ4n) is 5.10. The Morgan fingerprint density at radius 2 is 1.85 bits per heavy atom. The predicted octanol–water partition coefficient (Wildman–Crippen LogP) is 6.93. The Morgan fingerprint density at radius 3 is 2.51 bits per heavy atom. The van der Waals surface area contributed by atoms with E-state index in [1.54, 1.807) is 35.2 Å². The maximum Gasteiger partial charge on any atom is 0.410 e. The molecule has 1 aliphatic rings. The van der Waals surface area contributed by atoms with E-state index in [4.69, 9.17) is 21.1 Å². The minimum Gasteiger partial charge on any atom is -0.465 e. The molecular formula is C32H36ClNO5. The highest BCUT2D eigenvalue weighted by atomic mass is 35.5. The van der Waals surface area contributed by atoms with Gasteiger partial charge in [-0.3, -0.25) is 0 Å². The second-order valence-electron chi connectivity index (χ2n) is 11.1. The molecule has 0 radical (unpaired) electrons. The summed E-state index contributed by atoms with van der Waals surface area (Å²) in [4.78, 5) is 27.0. The molecule has 1 amide bonds. The van der Waals surface area contributed by atoms with Crippen molar-refractivity contribution in [2.24, 2.45) is 0 Å². The van der Waals surface area contributed by atoms with Gasteiger partial charge < -0.3 is 19.5 Å². The quantitative estimate of drug-likeness (QED) is 0.337. The molecule has 3 aromatic carbocycles. The zero-order valence-corrected chi connectivity index (χ0v) is 23.9. The number of benzene rings is 3. The molecule has 39 heavy (non-hydrogen) atoms. The Bertz CT molecular complexity index is 1360. The van der Waals surface area contributed by atoms with Crippen molar-refractivity contribution in [3.8, 4) is 11.1 Å². The van der Waals surface area contributed by atoms with Gasteiger partial charge in [0, 0.05) is 11.1 Å². The Kier molecular flexibility index (Phi) is 8.67. The van der Waals surface area contributed by atoms with Crippen molar-refractivity contribution in [1.29, 1.82) is 0 Å². The van der Waals surface area contributed by atoms with Gasteiger partial charge in [0.2, 0.25) is 0 Å². The zero-order chi connectivity index (χ0) is 28.3. The van der Waals surface area contributed by atoms with Crippen molar-refractivity contribution in [3.05, 3.63) is 93.5 Å². The van der Waals surface area contributed by atoms with Gasteiger partial charge in [-0.2, -0.15) is 0 Å². The summed E-state index contributed by atoms with van der Waals surface area (Å²) >= 11 is 6.15. The molecule has 1 N–H and O–H groups in total. The lowest BCUT2D eigenvalue weighted by Crippen LogP contribution is -2.47. The summed E-state index contributed by atoms with van der Waals surface area (Å²) < 4.78 is 10.6. The van der Waals surface area contributed by atoms with E-state index in [-0.39, 0.29) is 18.6 Å². The van der Waals surface area contributed by atoms with Crippen molar-refractivity contribution < 1.29 is 24.2 Å². The second kappa shape index (κ2) is 11.8. The van der Waals surface area contributed by atoms with E-state index in [0.29, 0.717) is 22.6 Å². The van der Waals surface area contributed by atoms with E-state index in [9.17, 15) is 14.7 Å². The summed E-state index contributed by atoms with van der Waals surface area (Å²) in [5.74, 6) is -0.361. The molecule has 206 valence electrons. The Labute approximate surface area is 235 Å². The number of hydrogen-bond acceptors (Lipinski definition) is 5. The third-order valence-corrected chi connectivity index (χ3v) is 7.27. The molecule has 0 aliphatic heterocycles. The number of methoxy groups -OCH3 is 1. The largest absolute Gasteiger partial charge is 0.465 e. The third kappa shape index (κ3) is 7.00. The molecular weight excluding hydrogens is 514 g/mol. The van der Waals surface area contributed by atoms with Crippen molar-refractivity contribution in [2.75, 3.05) is 13.7 Å². The number of amides is 1. The summed E-state index contributed by atoms with van der Waals surface area (Å²) in [5, 5.41) is 11.6. The lowest BCUT2D eigenvalue weighted by Gasteiger charge is -2.37. The summed E-state index contributed by atoms with van der Waals surface area (Å²) in [5.41, 5.74) is 5.97. The molecule has 0 bridgehead atoms. The Hall–Kier alpha value is -3.35. The van der Waals surface area contributed by atoms with Gasteiger partial charge in [0.25, 0.3) is 0 Å². The van der Waals surface area contributed by atoms with Crippen LogP contribution < -0.4 is 0 Å². The van der Waals surface area contributed by atoms with Crippen molar-refractivity contribution in [2.45, 2.75) is 64.7 Å². The van der Waals surface area contributed by atoms with Gasteiger partial charge in [0.1, 0.15) is 5.60 Å². The first-order chi connectivity index (χ1) is 18.4. The number of esters is 1. The van der Waals surface area contributed by atoms with Crippen LogP contribution >= 0.6 is 11.6 Å². The fourth-order valence-corrected chi connectivity index (χ4v) is 5.30. The van der Waals surface area contributed by atoms with E-state index < -0.39 is 17.8 Å². The van der Waals surface area contributed by atoms with E-state index in [2.05, 4.69) is 18.2 Å². The van der Waals surface area contributed by atoms with Gasteiger partial charge >= 0.3 is 12.1 Å². The minimum atomic E-state index is -0.903. The summed E-state index contributed by atoms with van der Waals surface area (Å²) in [6.07, 6.45) is 0.875. The van der Waals surface area contributed by atoms with Gasteiger partial charge in [-0.1, -0.05) is 48.0 Å². The van der Waals surface area contributed by atoms with E-state index in [1.165, 1.54) is 12.7 Å². The molecule has 0 saturated heterocycles. The molecule has 6 nitrogen and oxygen atoms in total. The van der Waals surface area contributed by atoms with Crippen LogP contribution in [0.2, 0.25) is 5.02 Å². The number of carbonyl (C=O) groups is 2. The first-order valence-corrected chi connectivity index (χ1v) is 13.6. The number of halogens is 1. The zero-order valence-electron chi connectivity index (χ0n) is 23.2. The highest BCUT2D eigenvalue weighted by Crippen LogP contribution is 2.32. The normalized spacial score (nSPS) is 15.7. The molecule has 0 saturated carbocycles. The number of aliphatic hydroxyl groups is 1. The Morgan fingerprint density at radius 1 is 1.08 bits per heavy atom. The first-order valence-electron chi connectivity index (χ1n) is 13.2. The van der Waals surface area contributed by atoms with Crippen LogP contribution in [-0.2, 0) is 22.3 Å². The highest BCUT2D eigenvalue weighted by molar-refractivity contribution is 6.30. The van der Waals surface area contributed by atoms with Crippen LogP contribution in [0.5, 0.6) is 0 Å². The number of fused-ring (bicyclic) bond motifs is 1. The molecule has 2 atom stereocenters. The van der Waals surface area contributed by atoms with Gasteiger partial charge in [0.15, 0.2) is 0 Å². The van der Waals surface area contributed by atoms with Crippen LogP contribution in [0.15, 0.2) is 60.7 Å². The molecule has 7 heteroatoms.